The molecule has 4 rings (SSSR count). The molecule has 2 aromatic rings. The Bertz CT molecular complexity index is 943. The van der Waals surface area contributed by atoms with Crippen molar-refractivity contribution in [3.05, 3.63) is 74.1 Å². The van der Waals surface area contributed by atoms with Crippen LogP contribution in [0.3, 0.4) is 0 Å². The molecule has 1 amide bonds. The van der Waals surface area contributed by atoms with Crippen molar-refractivity contribution in [3.63, 3.8) is 0 Å². The van der Waals surface area contributed by atoms with Gasteiger partial charge in [-0.2, -0.15) is 4.91 Å². The van der Waals surface area contributed by atoms with Gasteiger partial charge in [-0.05, 0) is 41.3 Å². The van der Waals surface area contributed by atoms with Crippen LogP contribution in [-0.2, 0) is 18.4 Å². The molecule has 2 aromatic carbocycles. The molecule has 0 aromatic heterocycles. The largest absolute Gasteiger partial charge is 0.335 e. The zero-order valence-electron chi connectivity index (χ0n) is 16.9. The van der Waals surface area contributed by atoms with Crippen molar-refractivity contribution in [2.45, 2.75) is 38.3 Å². The highest BCUT2D eigenvalue weighted by atomic mass is 79.9. The van der Waals surface area contributed by atoms with Gasteiger partial charge in [-0.15, -0.1) is 0 Å². The molecule has 1 unspecified atom stereocenters. The molecular weight excluding hydrogens is 430 g/mol. The molecule has 1 atom stereocenters. The average Bonchev–Trinajstić information content (AvgIpc) is 2.71. The molecule has 0 bridgehead atoms. The van der Waals surface area contributed by atoms with Crippen molar-refractivity contribution in [2.24, 2.45) is 5.18 Å². The Labute approximate surface area is 180 Å². The van der Waals surface area contributed by atoms with E-state index in [1.165, 1.54) is 11.1 Å². The molecule has 0 fully saturated rings. The average molecular weight is 456 g/mol. The summed E-state index contributed by atoms with van der Waals surface area (Å²) < 4.78 is 0.975. The standard InChI is InChI=1S/C23H26BrN3O2/c1-23(2)15-27(22(28)20-8-7-18(24)11-21(20)23)14-19(25-29)13-26-10-9-16-5-3-4-6-17(16)12-26/h3-8,11,19H,9-10,12-15H2,1-2H3. The van der Waals surface area contributed by atoms with Gasteiger partial charge in [-0.1, -0.05) is 59.2 Å². The van der Waals surface area contributed by atoms with E-state index in [1.807, 2.05) is 18.2 Å². The molecule has 6 heteroatoms. The fraction of sp³-hybridized carbons (Fsp3) is 0.435. The summed E-state index contributed by atoms with van der Waals surface area (Å²) in [7, 11) is 0. The van der Waals surface area contributed by atoms with Gasteiger partial charge in [0.25, 0.3) is 5.91 Å². The maximum absolute atomic E-state index is 13.1. The molecular formula is C23H26BrN3O2. The van der Waals surface area contributed by atoms with Gasteiger partial charge in [0.15, 0.2) is 0 Å². The number of carbonyl (C=O) groups excluding carboxylic acids is 1. The molecule has 2 aliphatic rings. The summed E-state index contributed by atoms with van der Waals surface area (Å²) in [4.78, 5) is 28.8. The predicted molar refractivity (Wildman–Crippen MR) is 118 cm³/mol. The summed E-state index contributed by atoms with van der Waals surface area (Å²) >= 11 is 3.51. The molecule has 0 aliphatic carbocycles. The number of amides is 1. The Balaban J connectivity index is 1.47. The monoisotopic (exact) mass is 455 g/mol. The molecule has 0 radical (unpaired) electrons. The molecule has 0 spiro atoms. The predicted octanol–water partition coefficient (Wildman–Crippen LogP) is 4.38. The van der Waals surface area contributed by atoms with Crippen LogP contribution in [0.25, 0.3) is 0 Å². The normalized spacial score (nSPS) is 19.4. The molecule has 0 N–H and O–H groups in total. The fourth-order valence-electron chi connectivity index (χ4n) is 4.60. The lowest BCUT2D eigenvalue weighted by molar-refractivity contribution is 0.0664. The third-order valence-electron chi connectivity index (χ3n) is 6.07. The number of carbonyl (C=O) groups is 1. The van der Waals surface area contributed by atoms with E-state index in [0.717, 1.165) is 35.1 Å². The maximum atomic E-state index is 13.1. The minimum absolute atomic E-state index is 0.00975. The van der Waals surface area contributed by atoms with Crippen molar-refractivity contribution >= 4 is 21.8 Å². The van der Waals surface area contributed by atoms with Crippen molar-refractivity contribution in [3.8, 4) is 0 Å². The summed E-state index contributed by atoms with van der Waals surface area (Å²) in [6.07, 6.45) is 0.986. The van der Waals surface area contributed by atoms with Crippen LogP contribution >= 0.6 is 15.9 Å². The van der Waals surface area contributed by atoms with Crippen LogP contribution in [0.2, 0.25) is 0 Å². The van der Waals surface area contributed by atoms with Gasteiger partial charge in [0, 0.05) is 48.2 Å². The van der Waals surface area contributed by atoms with Gasteiger partial charge in [0.2, 0.25) is 0 Å². The van der Waals surface area contributed by atoms with E-state index < -0.39 is 6.04 Å². The molecule has 2 aliphatic heterocycles. The quantitative estimate of drug-likeness (QED) is 0.628. The number of hydrogen-bond acceptors (Lipinski definition) is 4. The minimum Gasteiger partial charge on any atom is -0.335 e. The van der Waals surface area contributed by atoms with E-state index in [4.69, 9.17) is 0 Å². The van der Waals surface area contributed by atoms with Crippen LogP contribution in [0.5, 0.6) is 0 Å². The molecule has 0 saturated heterocycles. The van der Waals surface area contributed by atoms with Crippen LogP contribution in [0, 0.1) is 4.91 Å². The Morgan fingerprint density at radius 2 is 1.90 bits per heavy atom. The third kappa shape index (κ3) is 4.14. The number of hydrogen-bond donors (Lipinski definition) is 0. The number of fused-ring (bicyclic) bond motifs is 2. The fourth-order valence-corrected chi connectivity index (χ4v) is 4.96. The summed E-state index contributed by atoms with van der Waals surface area (Å²) in [5.74, 6) is -0.00975. The highest BCUT2D eigenvalue weighted by Crippen LogP contribution is 2.35. The lowest BCUT2D eigenvalue weighted by Gasteiger charge is -2.40. The van der Waals surface area contributed by atoms with Gasteiger partial charge >= 0.3 is 0 Å². The first-order valence-electron chi connectivity index (χ1n) is 10.1. The molecule has 5 nitrogen and oxygen atoms in total. The minimum atomic E-state index is -0.433. The molecule has 29 heavy (non-hydrogen) atoms. The highest BCUT2D eigenvalue weighted by Gasteiger charge is 2.37. The molecule has 152 valence electrons. The Morgan fingerprint density at radius 1 is 1.14 bits per heavy atom. The van der Waals surface area contributed by atoms with Crippen LogP contribution in [-0.4, -0.2) is 47.9 Å². The summed E-state index contributed by atoms with van der Waals surface area (Å²) in [6, 6.07) is 13.8. The van der Waals surface area contributed by atoms with Gasteiger partial charge in [-0.25, -0.2) is 0 Å². The molecule has 2 heterocycles. The first-order valence-corrected chi connectivity index (χ1v) is 10.9. The number of halogens is 1. The summed E-state index contributed by atoms with van der Waals surface area (Å²) in [5.41, 5.74) is 4.30. The number of rotatable bonds is 5. The number of nitroso groups, excluding NO2 is 1. The van der Waals surface area contributed by atoms with E-state index >= 15 is 0 Å². The number of nitrogens with zero attached hydrogens (tertiary/aromatic N) is 3. The second-order valence-corrected chi connectivity index (χ2v) is 9.69. The van der Waals surface area contributed by atoms with Crippen LogP contribution in [0.4, 0.5) is 0 Å². The SMILES string of the molecule is CC1(C)CN(CC(CN2CCc3ccccc3C2)N=O)C(=O)c2ccc(Br)cc21. The Kier molecular flexibility index (Phi) is 5.58. The van der Waals surface area contributed by atoms with E-state index in [0.29, 0.717) is 19.6 Å². The van der Waals surface area contributed by atoms with Crippen LogP contribution < -0.4 is 0 Å². The molecule has 0 saturated carbocycles. The van der Waals surface area contributed by atoms with Crippen molar-refractivity contribution < 1.29 is 4.79 Å². The maximum Gasteiger partial charge on any atom is 0.254 e. The van der Waals surface area contributed by atoms with E-state index in [-0.39, 0.29) is 11.3 Å². The second kappa shape index (κ2) is 8.00. The first-order chi connectivity index (χ1) is 13.9. The first kappa shape index (κ1) is 20.2. The van der Waals surface area contributed by atoms with E-state index in [2.05, 4.69) is 64.1 Å². The second-order valence-electron chi connectivity index (χ2n) is 8.77. The lowest BCUT2D eigenvalue weighted by atomic mass is 9.78. The van der Waals surface area contributed by atoms with Crippen molar-refractivity contribution in [2.75, 3.05) is 26.2 Å². The van der Waals surface area contributed by atoms with Gasteiger partial charge in [0.05, 0.1) is 0 Å². The van der Waals surface area contributed by atoms with Crippen molar-refractivity contribution in [1.82, 2.24) is 9.80 Å². The third-order valence-corrected chi connectivity index (χ3v) is 6.57. The summed E-state index contributed by atoms with van der Waals surface area (Å²) in [6.45, 7) is 7.56. The van der Waals surface area contributed by atoms with Gasteiger partial charge in [0.1, 0.15) is 6.04 Å². The number of benzene rings is 2. The Morgan fingerprint density at radius 3 is 2.66 bits per heavy atom. The zero-order chi connectivity index (χ0) is 20.6. The zero-order valence-corrected chi connectivity index (χ0v) is 18.5. The van der Waals surface area contributed by atoms with Crippen molar-refractivity contribution in [1.29, 1.82) is 0 Å². The van der Waals surface area contributed by atoms with Gasteiger partial charge in [-0.3, -0.25) is 9.69 Å². The Hall–Kier alpha value is -2.05. The smallest absolute Gasteiger partial charge is 0.254 e. The van der Waals surface area contributed by atoms with E-state index in [1.54, 1.807) is 4.90 Å². The highest BCUT2D eigenvalue weighted by molar-refractivity contribution is 9.10. The van der Waals surface area contributed by atoms with Gasteiger partial charge < -0.3 is 4.90 Å². The van der Waals surface area contributed by atoms with Crippen LogP contribution in [0.1, 0.15) is 40.9 Å². The van der Waals surface area contributed by atoms with E-state index in [9.17, 15) is 9.70 Å². The topological polar surface area (TPSA) is 53.0 Å². The van der Waals surface area contributed by atoms with Crippen LogP contribution in [0.15, 0.2) is 52.1 Å². The lowest BCUT2D eigenvalue weighted by Crippen LogP contribution is -2.50. The summed E-state index contributed by atoms with van der Waals surface area (Å²) in [5, 5.41) is 3.39.